The van der Waals surface area contributed by atoms with E-state index in [-0.39, 0.29) is 28.0 Å². The number of amides is 2. The molecule has 2 heterocycles. The third-order valence-corrected chi connectivity index (χ3v) is 7.76. The van der Waals surface area contributed by atoms with Crippen molar-refractivity contribution in [3.8, 4) is 0 Å². The lowest BCUT2D eigenvalue weighted by Gasteiger charge is -2.26. The summed E-state index contributed by atoms with van der Waals surface area (Å²) in [5.41, 5.74) is 0.363. The highest BCUT2D eigenvalue weighted by Crippen LogP contribution is 2.27. The Kier molecular flexibility index (Phi) is 5.48. The predicted octanol–water partition coefficient (Wildman–Crippen LogP) is 2.06. The van der Waals surface area contributed by atoms with Crippen LogP contribution in [0, 0.1) is 5.92 Å². The molecule has 1 aliphatic heterocycles. The van der Waals surface area contributed by atoms with E-state index in [4.69, 9.17) is 0 Å². The zero-order chi connectivity index (χ0) is 18.0. The van der Waals surface area contributed by atoms with E-state index in [0.29, 0.717) is 18.7 Å². The van der Waals surface area contributed by atoms with Gasteiger partial charge >= 0.3 is 0 Å². The Labute approximate surface area is 152 Å². The number of likely N-dealkylation sites (tertiary alicyclic amines) is 1. The largest absolute Gasteiger partial charge is 0.347 e. The molecule has 8 heteroatoms. The van der Waals surface area contributed by atoms with Gasteiger partial charge in [0.1, 0.15) is 4.21 Å². The zero-order valence-corrected chi connectivity index (χ0v) is 16.0. The quantitative estimate of drug-likeness (QED) is 0.861. The second kappa shape index (κ2) is 7.45. The number of hydrogen-bond acceptors (Lipinski definition) is 5. The molecule has 3 rings (SSSR count). The summed E-state index contributed by atoms with van der Waals surface area (Å²) in [6.07, 6.45) is 7.32. The molecular weight excluding hydrogens is 360 g/mol. The van der Waals surface area contributed by atoms with Crippen LogP contribution in [0.1, 0.15) is 48.9 Å². The van der Waals surface area contributed by atoms with Gasteiger partial charge in [-0.2, -0.15) is 0 Å². The first-order chi connectivity index (χ1) is 11.8. The maximum Gasteiger partial charge on any atom is 0.252 e. The molecule has 0 spiro atoms. The highest BCUT2D eigenvalue weighted by atomic mass is 32.2. The van der Waals surface area contributed by atoms with Crippen LogP contribution in [0.4, 0.5) is 0 Å². The Morgan fingerprint density at radius 3 is 2.56 bits per heavy atom. The third-order valence-electron chi connectivity index (χ3n) is 4.99. The topological polar surface area (TPSA) is 83.6 Å². The number of sulfone groups is 1. The van der Waals surface area contributed by atoms with E-state index in [1.165, 1.54) is 12.5 Å². The Balaban J connectivity index is 1.55. The SMILES string of the molecule is CS(=O)(=O)c1cc(C(=O)NC2CCN(C(=O)C3CCCCC3)C2)cs1. The van der Waals surface area contributed by atoms with Gasteiger partial charge in [-0.25, -0.2) is 8.42 Å². The molecule has 1 aromatic heterocycles. The van der Waals surface area contributed by atoms with Gasteiger partial charge in [0.2, 0.25) is 5.91 Å². The molecule has 1 saturated heterocycles. The molecule has 1 N–H and O–H groups in total. The van der Waals surface area contributed by atoms with Gasteiger partial charge in [0.05, 0.1) is 5.56 Å². The van der Waals surface area contributed by atoms with Gasteiger partial charge in [0.15, 0.2) is 9.84 Å². The summed E-state index contributed by atoms with van der Waals surface area (Å²) in [6, 6.07) is 1.34. The summed E-state index contributed by atoms with van der Waals surface area (Å²) in [7, 11) is -3.29. The fraction of sp³-hybridized carbons (Fsp3) is 0.647. The molecule has 2 amide bonds. The van der Waals surface area contributed by atoms with Crippen LogP contribution in [0.15, 0.2) is 15.7 Å². The van der Waals surface area contributed by atoms with Crippen molar-refractivity contribution >= 4 is 33.0 Å². The molecule has 0 bridgehead atoms. The van der Waals surface area contributed by atoms with Crippen molar-refractivity contribution in [2.75, 3.05) is 19.3 Å². The second-order valence-corrected chi connectivity index (χ2v) is 10.2. The van der Waals surface area contributed by atoms with E-state index in [1.807, 2.05) is 4.90 Å². The van der Waals surface area contributed by atoms with Gasteiger partial charge in [0, 0.05) is 36.7 Å². The van der Waals surface area contributed by atoms with Crippen LogP contribution in [0.2, 0.25) is 0 Å². The van der Waals surface area contributed by atoms with E-state index >= 15 is 0 Å². The first-order valence-corrected chi connectivity index (χ1v) is 11.5. The molecule has 6 nitrogen and oxygen atoms in total. The monoisotopic (exact) mass is 384 g/mol. The fourth-order valence-electron chi connectivity index (χ4n) is 3.58. The normalized spacial score (nSPS) is 22.1. The molecule has 138 valence electrons. The molecule has 0 aromatic carbocycles. The minimum Gasteiger partial charge on any atom is -0.347 e. The lowest BCUT2D eigenvalue weighted by atomic mass is 9.88. The summed E-state index contributed by atoms with van der Waals surface area (Å²) in [4.78, 5) is 26.8. The number of nitrogens with one attached hydrogen (secondary N) is 1. The summed E-state index contributed by atoms with van der Waals surface area (Å²) < 4.78 is 23.2. The van der Waals surface area contributed by atoms with E-state index < -0.39 is 9.84 Å². The molecule has 1 unspecified atom stereocenters. The lowest BCUT2D eigenvalue weighted by molar-refractivity contribution is -0.135. The minimum absolute atomic E-state index is 0.0679. The molecule has 25 heavy (non-hydrogen) atoms. The zero-order valence-electron chi connectivity index (χ0n) is 14.4. The number of hydrogen-bond donors (Lipinski definition) is 1. The van der Waals surface area contributed by atoms with E-state index in [2.05, 4.69) is 5.32 Å². The molecule has 1 saturated carbocycles. The lowest BCUT2D eigenvalue weighted by Crippen LogP contribution is -2.40. The minimum atomic E-state index is -3.29. The molecule has 1 aliphatic carbocycles. The maximum absolute atomic E-state index is 12.6. The smallest absolute Gasteiger partial charge is 0.252 e. The van der Waals surface area contributed by atoms with Crippen LogP contribution < -0.4 is 5.32 Å². The average molecular weight is 385 g/mol. The van der Waals surface area contributed by atoms with E-state index in [0.717, 1.165) is 49.7 Å². The number of thiophene rings is 1. The van der Waals surface area contributed by atoms with Crippen LogP contribution in [-0.2, 0) is 14.6 Å². The van der Waals surface area contributed by atoms with Crippen molar-refractivity contribution in [3.63, 3.8) is 0 Å². The van der Waals surface area contributed by atoms with E-state index in [1.54, 1.807) is 5.38 Å². The summed E-state index contributed by atoms with van der Waals surface area (Å²) in [6.45, 7) is 1.22. The number of carbonyl (C=O) groups is 2. The van der Waals surface area contributed by atoms with Crippen molar-refractivity contribution in [2.45, 2.75) is 48.8 Å². The van der Waals surface area contributed by atoms with E-state index in [9.17, 15) is 18.0 Å². The maximum atomic E-state index is 12.6. The standard InChI is InChI=1S/C17H24N2O4S2/c1-25(22,23)15-9-13(11-24-15)16(20)18-14-7-8-19(10-14)17(21)12-5-3-2-4-6-12/h9,11-12,14H,2-8,10H2,1H3,(H,18,20). The van der Waals surface area contributed by atoms with Gasteiger partial charge in [-0.1, -0.05) is 19.3 Å². The molecule has 2 fully saturated rings. The van der Waals surface area contributed by atoms with Crippen molar-refractivity contribution in [1.82, 2.24) is 10.2 Å². The summed E-state index contributed by atoms with van der Waals surface area (Å²) >= 11 is 1.05. The van der Waals surface area contributed by atoms with Gasteiger partial charge in [-0.05, 0) is 25.3 Å². The molecule has 2 aliphatic rings. The molecule has 1 aromatic rings. The predicted molar refractivity (Wildman–Crippen MR) is 96.5 cm³/mol. The van der Waals surface area contributed by atoms with Crippen LogP contribution in [0.5, 0.6) is 0 Å². The molecule has 1 atom stereocenters. The highest BCUT2D eigenvalue weighted by molar-refractivity contribution is 7.92. The second-order valence-electron chi connectivity index (χ2n) is 7.00. The Hall–Kier alpha value is -1.41. The highest BCUT2D eigenvalue weighted by Gasteiger charge is 2.32. The van der Waals surface area contributed by atoms with Crippen molar-refractivity contribution in [1.29, 1.82) is 0 Å². The number of rotatable bonds is 4. The Morgan fingerprint density at radius 1 is 1.20 bits per heavy atom. The average Bonchev–Trinajstić information content (AvgIpc) is 3.24. The summed E-state index contributed by atoms with van der Waals surface area (Å²) in [5, 5.41) is 4.49. The van der Waals surface area contributed by atoms with Crippen LogP contribution in [-0.4, -0.2) is 50.5 Å². The van der Waals surface area contributed by atoms with Crippen molar-refractivity contribution in [2.24, 2.45) is 5.92 Å². The Bertz CT molecular complexity index is 750. The number of nitrogens with zero attached hydrogens (tertiary/aromatic N) is 1. The van der Waals surface area contributed by atoms with Crippen molar-refractivity contribution in [3.05, 3.63) is 17.0 Å². The first kappa shape index (κ1) is 18.4. The van der Waals surface area contributed by atoms with Gasteiger partial charge in [-0.15, -0.1) is 11.3 Å². The third kappa shape index (κ3) is 4.41. The van der Waals surface area contributed by atoms with Crippen molar-refractivity contribution < 1.29 is 18.0 Å². The van der Waals surface area contributed by atoms with Gasteiger partial charge in [-0.3, -0.25) is 9.59 Å². The fourth-order valence-corrected chi connectivity index (χ4v) is 5.38. The Morgan fingerprint density at radius 2 is 1.92 bits per heavy atom. The van der Waals surface area contributed by atoms with Crippen LogP contribution in [0.3, 0.4) is 0 Å². The summed E-state index contributed by atoms with van der Waals surface area (Å²) in [5.74, 6) is 0.104. The van der Waals surface area contributed by atoms with Gasteiger partial charge in [0.25, 0.3) is 5.91 Å². The van der Waals surface area contributed by atoms with Gasteiger partial charge < -0.3 is 10.2 Å². The number of carbonyl (C=O) groups excluding carboxylic acids is 2. The first-order valence-electron chi connectivity index (χ1n) is 8.73. The molecular formula is C17H24N2O4S2. The van der Waals surface area contributed by atoms with Crippen LogP contribution >= 0.6 is 11.3 Å². The molecule has 0 radical (unpaired) electrons. The van der Waals surface area contributed by atoms with Crippen LogP contribution in [0.25, 0.3) is 0 Å².